The minimum absolute atomic E-state index is 0.0273. The molecule has 31 heavy (non-hydrogen) atoms. The van der Waals surface area contributed by atoms with E-state index in [1.54, 1.807) is 18.2 Å². The van der Waals surface area contributed by atoms with Crippen LogP contribution >= 0.6 is 0 Å². The van der Waals surface area contributed by atoms with Crippen LogP contribution in [0.3, 0.4) is 0 Å². The molecular weight excluding hydrogens is 392 g/mol. The van der Waals surface area contributed by atoms with E-state index in [1.165, 1.54) is 17.4 Å². The Balaban J connectivity index is 1.39. The van der Waals surface area contributed by atoms with Gasteiger partial charge in [0.2, 0.25) is 0 Å². The van der Waals surface area contributed by atoms with E-state index >= 15 is 0 Å². The molecule has 1 aromatic heterocycles. The lowest BCUT2D eigenvalue weighted by atomic mass is 9.95. The largest absolute Gasteiger partial charge is 0.352 e. The third-order valence-electron chi connectivity index (χ3n) is 6.94. The highest BCUT2D eigenvalue weighted by molar-refractivity contribution is 5.97. The summed E-state index contributed by atoms with van der Waals surface area (Å²) in [6, 6.07) is 4.93. The number of fused-ring (bicyclic) bond motifs is 1. The van der Waals surface area contributed by atoms with E-state index in [0.29, 0.717) is 23.0 Å². The van der Waals surface area contributed by atoms with Gasteiger partial charge in [-0.1, -0.05) is 26.2 Å². The van der Waals surface area contributed by atoms with E-state index in [1.807, 2.05) is 0 Å². The number of amides is 1. The number of carbonyl (C=O) groups excluding carboxylic acids is 1. The van der Waals surface area contributed by atoms with Gasteiger partial charge in [0.05, 0.1) is 10.9 Å². The Bertz CT molecular complexity index is 1030. The van der Waals surface area contributed by atoms with Crippen LogP contribution in [-0.4, -0.2) is 46.5 Å². The molecule has 168 valence electrons. The van der Waals surface area contributed by atoms with Crippen LogP contribution in [0.2, 0.25) is 0 Å². The van der Waals surface area contributed by atoms with Gasteiger partial charge in [0.15, 0.2) is 0 Å². The number of aromatic nitrogens is 2. The lowest BCUT2D eigenvalue weighted by Gasteiger charge is -2.30. The first kappa shape index (κ1) is 21.8. The Hall–Kier alpha value is -2.41. The van der Waals surface area contributed by atoms with Gasteiger partial charge in [-0.2, -0.15) is 0 Å². The summed E-state index contributed by atoms with van der Waals surface area (Å²) >= 11 is 0. The van der Waals surface area contributed by atoms with Crippen LogP contribution in [0.4, 0.5) is 0 Å². The fraction of sp³-hybridized carbons (Fsp3) is 0.625. The van der Waals surface area contributed by atoms with Crippen molar-refractivity contribution in [1.82, 2.24) is 19.8 Å². The van der Waals surface area contributed by atoms with E-state index in [4.69, 9.17) is 0 Å². The van der Waals surface area contributed by atoms with Crippen molar-refractivity contribution in [2.45, 2.75) is 64.3 Å². The molecule has 7 heteroatoms. The SMILES string of the molecule is CC1CCN(CCCNC(=O)c2ccc3c(=O)n(C4CCCCC4)c(=O)[nH]c3c2)CC1. The smallest absolute Gasteiger partial charge is 0.329 e. The molecule has 1 saturated carbocycles. The van der Waals surface area contributed by atoms with E-state index in [0.717, 1.165) is 64.1 Å². The normalized spacial score (nSPS) is 19.0. The summed E-state index contributed by atoms with van der Waals surface area (Å²) in [6.45, 7) is 6.21. The third-order valence-corrected chi connectivity index (χ3v) is 6.94. The number of carbonyl (C=O) groups is 1. The molecule has 1 aromatic carbocycles. The molecule has 1 saturated heterocycles. The maximum absolute atomic E-state index is 12.9. The topological polar surface area (TPSA) is 87.2 Å². The van der Waals surface area contributed by atoms with E-state index in [2.05, 4.69) is 22.1 Å². The van der Waals surface area contributed by atoms with Crippen molar-refractivity contribution in [2.75, 3.05) is 26.2 Å². The zero-order valence-electron chi connectivity index (χ0n) is 18.5. The molecule has 2 aromatic rings. The van der Waals surface area contributed by atoms with Crippen LogP contribution in [0.5, 0.6) is 0 Å². The Morgan fingerprint density at radius 2 is 1.84 bits per heavy atom. The first-order valence-corrected chi connectivity index (χ1v) is 11.8. The number of aromatic amines is 1. The molecule has 0 radical (unpaired) electrons. The van der Waals surface area contributed by atoms with Crippen LogP contribution in [-0.2, 0) is 0 Å². The molecule has 2 N–H and O–H groups in total. The van der Waals surface area contributed by atoms with Crippen molar-refractivity contribution in [3.63, 3.8) is 0 Å². The predicted octanol–water partition coefficient (Wildman–Crippen LogP) is 3.05. The molecule has 1 aliphatic heterocycles. The zero-order chi connectivity index (χ0) is 21.8. The minimum atomic E-state index is -0.377. The van der Waals surface area contributed by atoms with E-state index < -0.39 is 0 Å². The van der Waals surface area contributed by atoms with Gasteiger partial charge in [0, 0.05) is 18.2 Å². The summed E-state index contributed by atoms with van der Waals surface area (Å²) in [5, 5.41) is 3.42. The minimum Gasteiger partial charge on any atom is -0.352 e. The number of hydrogen-bond donors (Lipinski definition) is 2. The van der Waals surface area contributed by atoms with Gasteiger partial charge in [-0.3, -0.25) is 14.2 Å². The van der Waals surface area contributed by atoms with Gasteiger partial charge in [0.25, 0.3) is 11.5 Å². The Kier molecular flexibility index (Phi) is 6.90. The molecule has 0 atom stereocenters. The number of H-pyrrole nitrogens is 1. The fourth-order valence-corrected chi connectivity index (χ4v) is 4.94. The van der Waals surface area contributed by atoms with Crippen LogP contribution in [0, 0.1) is 5.92 Å². The average molecular weight is 427 g/mol. The molecule has 2 aliphatic rings. The highest BCUT2D eigenvalue weighted by Gasteiger charge is 2.20. The molecule has 1 amide bonds. The number of rotatable bonds is 6. The summed E-state index contributed by atoms with van der Waals surface area (Å²) in [6.07, 6.45) is 8.41. The average Bonchev–Trinajstić information content (AvgIpc) is 2.78. The van der Waals surface area contributed by atoms with Crippen LogP contribution in [0.15, 0.2) is 27.8 Å². The number of benzene rings is 1. The van der Waals surface area contributed by atoms with Crippen LogP contribution in [0.1, 0.15) is 74.7 Å². The van der Waals surface area contributed by atoms with Crippen LogP contribution in [0.25, 0.3) is 10.9 Å². The molecule has 0 bridgehead atoms. The first-order valence-electron chi connectivity index (χ1n) is 11.8. The number of nitrogens with zero attached hydrogens (tertiary/aromatic N) is 2. The summed E-state index contributed by atoms with van der Waals surface area (Å²) in [5.41, 5.74) is 0.258. The van der Waals surface area contributed by atoms with Crippen LogP contribution < -0.4 is 16.6 Å². The van der Waals surface area contributed by atoms with Crippen molar-refractivity contribution in [2.24, 2.45) is 5.92 Å². The Labute approximate surface area is 182 Å². The number of nitrogens with one attached hydrogen (secondary N) is 2. The summed E-state index contributed by atoms with van der Waals surface area (Å²) in [4.78, 5) is 43.4. The maximum Gasteiger partial charge on any atom is 0.329 e. The van der Waals surface area contributed by atoms with Gasteiger partial charge in [-0.05, 0) is 75.9 Å². The lowest BCUT2D eigenvalue weighted by Crippen LogP contribution is -2.38. The van der Waals surface area contributed by atoms with Gasteiger partial charge < -0.3 is 15.2 Å². The lowest BCUT2D eigenvalue weighted by molar-refractivity contribution is 0.0950. The van der Waals surface area contributed by atoms with Gasteiger partial charge >= 0.3 is 5.69 Å². The van der Waals surface area contributed by atoms with Gasteiger partial charge in [-0.25, -0.2) is 4.79 Å². The van der Waals surface area contributed by atoms with E-state index in [9.17, 15) is 14.4 Å². The summed E-state index contributed by atoms with van der Waals surface area (Å²) < 4.78 is 1.38. The zero-order valence-corrected chi connectivity index (χ0v) is 18.5. The van der Waals surface area contributed by atoms with Gasteiger partial charge in [-0.15, -0.1) is 0 Å². The third kappa shape index (κ3) is 5.09. The summed E-state index contributed by atoms with van der Waals surface area (Å²) in [7, 11) is 0. The molecule has 2 fully saturated rings. The number of piperidine rings is 1. The monoisotopic (exact) mass is 426 g/mol. The molecular formula is C24H34N4O3. The highest BCUT2D eigenvalue weighted by atomic mass is 16.2. The maximum atomic E-state index is 12.9. The van der Waals surface area contributed by atoms with Gasteiger partial charge in [0.1, 0.15) is 0 Å². The Morgan fingerprint density at radius 1 is 1.10 bits per heavy atom. The molecule has 1 aliphatic carbocycles. The molecule has 2 heterocycles. The first-order chi connectivity index (χ1) is 15.0. The van der Waals surface area contributed by atoms with Crippen molar-refractivity contribution < 1.29 is 4.79 Å². The van der Waals surface area contributed by atoms with Crippen molar-refractivity contribution in [3.8, 4) is 0 Å². The molecule has 0 unspecified atom stereocenters. The second kappa shape index (κ2) is 9.81. The second-order valence-corrected chi connectivity index (χ2v) is 9.29. The van der Waals surface area contributed by atoms with Crippen molar-refractivity contribution in [3.05, 3.63) is 44.6 Å². The molecule has 4 rings (SSSR count). The highest BCUT2D eigenvalue weighted by Crippen LogP contribution is 2.26. The number of hydrogen-bond acceptors (Lipinski definition) is 4. The number of likely N-dealkylation sites (tertiary alicyclic amines) is 1. The quantitative estimate of drug-likeness (QED) is 0.695. The second-order valence-electron chi connectivity index (χ2n) is 9.29. The Morgan fingerprint density at radius 3 is 2.58 bits per heavy atom. The standard InChI is InChI=1S/C24H34N4O3/c1-17-10-14-27(15-11-17)13-5-12-25-22(29)18-8-9-20-21(16-18)26-24(31)28(23(20)30)19-6-3-2-4-7-19/h8-9,16-17,19H,2-7,10-15H2,1H3,(H,25,29)(H,26,31). The van der Waals surface area contributed by atoms with Crippen molar-refractivity contribution in [1.29, 1.82) is 0 Å². The molecule has 7 nitrogen and oxygen atoms in total. The summed E-state index contributed by atoms with van der Waals surface area (Å²) in [5.74, 6) is 0.647. The molecule has 0 spiro atoms. The fourth-order valence-electron chi connectivity index (χ4n) is 4.94. The van der Waals surface area contributed by atoms with Crippen molar-refractivity contribution >= 4 is 16.8 Å². The predicted molar refractivity (Wildman–Crippen MR) is 123 cm³/mol. The van der Waals surface area contributed by atoms with E-state index in [-0.39, 0.29) is 23.2 Å².